The van der Waals surface area contributed by atoms with Crippen molar-refractivity contribution in [2.45, 2.75) is 26.2 Å². The van der Waals surface area contributed by atoms with Gasteiger partial charge in [-0.05, 0) is 49.5 Å². The van der Waals surface area contributed by atoms with Crippen molar-refractivity contribution in [3.05, 3.63) is 64.3 Å². The number of allylic oxidation sites excluding steroid dienone is 7. The number of phenolic OH excluding ortho intramolecular Hbond substituents is 1. The number of carbonyl (C=O) groups excluding carboxylic acids is 4. The first-order valence-electron chi connectivity index (χ1n) is 12.4. The van der Waals surface area contributed by atoms with Gasteiger partial charge in [0.05, 0.1) is 25.4 Å². The number of carboxylic acid groups (broad SMARTS) is 1. The van der Waals surface area contributed by atoms with Crippen LogP contribution in [0.2, 0.25) is 0 Å². The van der Waals surface area contributed by atoms with Gasteiger partial charge in [0.1, 0.15) is 0 Å². The maximum absolute atomic E-state index is 13.4. The first-order valence-corrected chi connectivity index (χ1v) is 12.4. The lowest BCUT2D eigenvalue weighted by atomic mass is 9.60. The second-order valence-electron chi connectivity index (χ2n) is 10.0. The number of benzene rings is 1. The fourth-order valence-electron chi connectivity index (χ4n) is 6.14. The fraction of sp³-hybridized carbons (Fsp3) is 0.345. The lowest BCUT2D eigenvalue weighted by molar-refractivity contribution is -0.142. The highest BCUT2D eigenvalue weighted by Gasteiger charge is 2.55. The molecule has 4 aliphatic rings. The predicted molar refractivity (Wildman–Crippen MR) is 135 cm³/mol. The number of rotatable bonds is 6. The maximum Gasteiger partial charge on any atom is 0.305 e. The summed E-state index contributed by atoms with van der Waals surface area (Å²) in [6.07, 6.45) is 6.93. The quantitative estimate of drug-likeness (QED) is 0.334. The van der Waals surface area contributed by atoms with Gasteiger partial charge in [0.2, 0.25) is 11.8 Å². The Hall–Kier alpha value is -4.27. The van der Waals surface area contributed by atoms with Crippen molar-refractivity contribution in [3.63, 3.8) is 0 Å². The van der Waals surface area contributed by atoms with E-state index >= 15 is 0 Å². The molecule has 1 fully saturated rings. The SMILES string of the molecule is COc1cc(C=CC2C3=CCC4C(=O)N(CCC(=O)O)C(=O)C4C3CC3=C2C(=O)C(C)=CC3=O)ccc1O. The molecular formula is C29H27NO8. The van der Waals surface area contributed by atoms with E-state index in [-0.39, 0.29) is 48.4 Å². The predicted octanol–water partition coefficient (Wildman–Crippen LogP) is 2.85. The second kappa shape index (κ2) is 9.55. The van der Waals surface area contributed by atoms with Gasteiger partial charge >= 0.3 is 5.97 Å². The van der Waals surface area contributed by atoms with Crippen LogP contribution in [-0.4, -0.2) is 58.1 Å². The van der Waals surface area contributed by atoms with Gasteiger partial charge in [0, 0.05) is 29.2 Å². The molecule has 196 valence electrons. The van der Waals surface area contributed by atoms with Crippen molar-refractivity contribution in [2.24, 2.45) is 23.7 Å². The molecule has 0 bridgehead atoms. The molecule has 4 unspecified atom stereocenters. The number of aromatic hydroxyl groups is 1. The Balaban J connectivity index is 1.56. The zero-order chi connectivity index (χ0) is 27.3. The first-order chi connectivity index (χ1) is 18.1. The highest BCUT2D eigenvalue weighted by atomic mass is 16.5. The van der Waals surface area contributed by atoms with Crippen LogP contribution in [0.1, 0.15) is 31.7 Å². The number of hydrogen-bond donors (Lipinski definition) is 2. The van der Waals surface area contributed by atoms with Gasteiger partial charge in [0.25, 0.3) is 0 Å². The minimum Gasteiger partial charge on any atom is -0.504 e. The molecule has 2 amide bonds. The normalized spacial score (nSPS) is 26.7. The monoisotopic (exact) mass is 517 g/mol. The van der Waals surface area contributed by atoms with Crippen LogP contribution in [0.4, 0.5) is 0 Å². The van der Waals surface area contributed by atoms with Crippen LogP contribution >= 0.6 is 0 Å². The number of likely N-dealkylation sites (tertiary alicyclic amines) is 1. The Bertz CT molecular complexity index is 1410. The Morgan fingerprint density at radius 3 is 2.63 bits per heavy atom. The smallest absolute Gasteiger partial charge is 0.305 e. The van der Waals surface area contributed by atoms with Gasteiger partial charge in [-0.15, -0.1) is 0 Å². The molecule has 0 radical (unpaired) electrons. The molecule has 2 N–H and O–H groups in total. The summed E-state index contributed by atoms with van der Waals surface area (Å²) in [5, 5.41) is 19.0. The number of carbonyl (C=O) groups is 5. The summed E-state index contributed by atoms with van der Waals surface area (Å²) >= 11 is 0. The van der Waals surface area contributed by atoms with E-state index in [0.717, 1.165) is 10.5 Å². The number of ketones is 2. The number of amides is 2. The standard InChI is InChI=1S/C29H27NO8/c1-14-11-22(32)20-13-19-16(6-7-18-26(19)29(37)30(28(18)36)10-9-24(33)34)17(25(20)27(14)35)5-3-15-4-8-21(31)23(12-15)38-2/h3-6,8,11-12,17-19,26,31H,7,9-10,13H2,1-2H3,(H,33,34). The molecule has 1 aliphatic heterocycles. The van der Waals surface area contributed by atoms with Gasteiger partial charge in [-0.2, -0.15) is 0 Å². The topological polar surface area (TPSA) is 138 Å². The van der Waals surface area contributed by atoms with E-state index in [4.69, 9.17) is 9.84 Å². The van der Waals surface area contributed by atoms with Gasteiger partial charge in [0.15, 0.2) is 23.1 Å². The number of nitrogens with zero attached hydrogens (tertiary/aromatic N) is 1. The molecule has 0 saturated carbocycles. The summed E-state index contributed by atoms with van der Waals surface area (Å²) in [7, 11) is 1.44. The molecule has 1 aromatic carbocycles. The van der Waals surface area contributed by atoms with Crippen LogP contribution < -0.4 is 4.74 Å². The maximum atomic E-state index is 13.4. The average molecular weight is 518 g/mol. The van der Waals surface area contributed by atoms with E-state index in [9.17, 15) is 29.1 Å². The summed E-state index contributed by atoms with van der Waals surface area (Å²) in [6.45, 7) is 1.41. The summed E-state index contributed by atoms with van der Waals surface area (Å²) in [4.78, 5) is 65.0. The van der Waals surface area contributed by atoms with E-state index in [1.165, 1.54) is 19.3 Å². The molecule has 38 heavy (non-hydrogen) atoms. The average Bonchev–Trinajstić information content (AvgIpc) is 3.13. The third-order valence-corrected chi connectivity index (χ3v) is 7.94. The third-order valence-electron chi connectivity index (χ3n) is 7.94. The number of hydrogen-bond acceptors (Lipinski definition) is 7. The molecule has 9 heteroatoms. The second-order valence-corrected chi connectivity index (χ2v) is 10.0. The number of ether oxygens (including phenoxy) is 1. The molecule has 1 saturated heterocycles. The zero-order valence-electron chi connectivity index (χ0n) is 21.0. The van der Waals surface area contributed by atoms with E-state index in [1.54, 1.807) is 25.1 Å². The van der Waals surface area contributed by atoms with Gasteiger partial charge in [-0.3, -0.25) is 28.9 Å². The van der Waals surface area contributed by atoms with Crippen molar-refractivity contribution in [1.29, 1.82) is 0 Å². The van der Waals surface area contributed by atoms with Crippen LogP contribution in [0.25, 0.3) is 6.08 Å². The van der Waals surface area contributed by atoms with Crippen LogP contribution in [0.15, 0.2) is 58.7 Å². The van der Waals surface area contributed by atoms with E-state index in [0.29, 0.717) is 28.7 Å². The Labute approximate surface area is 218 Å². The van der Waals surface area contributed by atoms with Gasteiger partial charge in [-0.1, -0.05) is 29.9 Å². The highest BCUT2D eigenvalue weighted by Crippen LogP contribution is 2.52. The van der Waals surface area contributed by atoms with Gasteiger partial charge < -0.3 is 14.9 Å². The summed E-state index contributed by atoms with van der Waals surface area (Å²) in [6, 6.07) is 4.83. The van der Waals surface area contributed by atoms with E-state index < -0.39 is 35.5 Å². The van der Waals surface area contributed by atoms with Crippen LogP contribution in [-0.2, 0) is 24.0 Å². The largest absolute Gasteiger partial charge is 0.504 e. The van der Waals surface area contributed by atoms with Crippen LogP contribution in [0, 0.1) is 23.7 Å². The molecule has 1 heterocycles. The molecule has 4 atom stereocenters. The molecule has 0 aromatic heterocycles. The minimum absolute atomic E-state index is 0.0147. The fourth-order valence-corrected chi connectivity index (χ4v) is 6.14. The summed E-state index contributed by atoms with van der Waals surface area (Å²) < 4.78 is 5.19. The lowest BCUT2D eigenvalue weighted by Crippen LogP contribution is -2.40. The van der Waals surface area contributed by atoms with Gasteiger partial charge in [-0.25, -0.2) is 0 Å². The van der Waals surface area contributed by atoms with Crippen LogP contribution in [0.5, 0.6) is 11.5 Å². The first kappa shape index (κ1) is 25.4. The van der Waals surface area contributed by atoms with Crippen molar-refractivity contribution < 1.29 is 38.9 Å². The molecule has 9 nitrogen and oxygen atoms in total. The molecule has 5 rings (SSSR count). The Morgan fingerprint density at radius 2 is 1.92 bits per heavy atom. The number of phenols is 1. The molecule has 1 aromatic rings. The summed E-state index contributed by atoms with van der Waals surface area (Å²) in [5.74, 6) is -4.53. The van der Waals surface area contributed by atoms with Crippen molar-refractivity contribution in [1.82, 2.24) is 4.90 Å². The number of fused-ring (bicyclic) bond motifs is 3. The van der Waals surface area contributed by atoms with E-state index in [2.05, 4.69) is 0 Å². The van der Waals surface area contributed by atoms with Crippen LogP contribution in [0.3, 0.4) is 0 Å². The number of carboxylic acids is 1. The highest BCUT2D eigenvalue weighted by molar-refractivity contribution is 6.23. The zero-order valence-corrected chi connectivity index (χ0v) is 21.0. The van der Waals surface area contributed by atoms with Crippen molar-refractivity contribution in [3.8, 4) is 11.5 Å². The molecule has 3 aliphatic carbocycles. The Morgan fingerprint density at radius 1 is 1.16 bits per heavy atom. The minimum atomic E-state index is -1.10. The number of aliphatic carboxylic acids is 1. The van der Waals surface area contributed by atoms with Crippen molar-refractivity contribution in [2.75, 3.05) is 13.7 Å². The molecule has 0 spiro atoms. The summed E-state index contributed by atoms with van der Waals surface area (Å²) in [5.41, 5.74) is 2.59. The number of imide groups is 1. The lowest BCUT2D eigenvalue weighted by Gasteiger charge is -2.41. The number of Topliss-reactive ketones (excluding diaryl/α,β-unsaturated/α-hetero) is 1. The van der Waals surface area contributed by atoms with Crippen molar-refractivity contribution >= 4 is 35.4 Å². The van der Waals surface area contributed by atoms with E-state index in [1.807, 2.05) is 12.2 Å². The third kappa shape index (κ3) is 4.08. The molecular weight excluding hydrogens is 490 g/mol. The number of methoxy groups -OCH3 is 1. The Kier molecular flexibility index (Phi) is 6.38.